The molecule has 0 amide bonds. The van der Waals surface area contributed by atoms with Gasteiger partial charge in [0.25, 0.3) is 5.22 Å². The first-order valence-corrected chi connectivity index (χ1v) is 8.43. The molecule has 120 valence electrons. The molecule has 1 saturated heterocycles. The van der Waals surface area contributed by atoms with Crippen molar-refractivity contribution in [3.8, 4) is 0 Å². The van der Waals surface area contributed by atoms with Crippen molar-refractivity contribution >= 4 is 33.9 Å². The molecule has 23 heavy (non-hydrogen) atoms. The number of thioether (sulfide) groups is 1. The molecule has 0 N–H and O–H groups in total. The molecular weight excluding hydrogens is 314 g/mol. The lowest BCUT2D eigenvalue weighted by Crippen LogP contribution is -2.46. The van der Waals surface area contributed by atoms with Crippen molar-refractivity contribution in [1.82, 2.24) is 4.98 Å². The number of esters is 1. The molecule has 2 unspecified atom stereocenters. The Labute approximate surface area is 137 Å². The van der Waals surface area contributed by atoms with E-state index >= 15 is 0 Å². The maximum atomic E-state index is 13.0. The predicted molar refractivity (Wildman–Crippen MR) is 84.8 cm³/mol. The van der Waals surface area contributed by atoms with Gasteiger partial charge >= 0.3 is 5.97 Å². The van der Waals surface area contributed by atoms with Crippen LogP contribution in [0.15, 0.2) is 33.9 Å². The van der Waals surface area contributed by atoms with E-state index in [2.05, 4.69) is 4.98 Å². The van der Waals surface area contributed by atoms with Gasteiger partial charge in [-0.05, 0) is 31.9 Å². The van der Waals surface area contributed by atoms with Gasteiger partial charge < -0.3 is 9.15 Å². The summed E-state index contributed by atoms with van der Waals surface area (Å²) in [6, 6.07) is 7.36. The number of fused-ring (bicyclic) bond motifs is 3. The van der Waals surface area contributed by atoms with Crippen molar-refractivity contribution in [1.29, 1.82) is 0 Å². The Bertz CT molecular complexity index is 809. The van der Waals surface area contributed by atoms with Crippen LogP contribution in [0.25, 0.3) is 11.1 Å². The number of ether oxygens (including phenoxy) is 1. The summed E-state index contributed by atoms with van der Waals surface area (Å²) in [5.74, 6) is -0.278. The number of para-hydroxylation sites is 2. The van der Waals surface area contributed by atoms with Gasteiger partial charge in [-0.3, -0.25) is 9.59 Å². The van der Waals surface area contributed by atoms with E-state index in [0.29, 0.717) is 23.9 Å². The summed E-state index contributed by atoms with van der Waals surface area (Å²) < 4.78 is 11.2. The summed E-state index contributed by atoms with van der Waals surface area (Å²) >= 11 is 0.926. The first-order chi connectivity index (χ1) is 10.8. The number of oxazole rings is 1. The third kappa shape index (κ3) is 1.67. The Morgan fingerprint density at radius 1 is 1.22 bits per heavy atom. The lowest BCUT2D eigenvalue weighted by Gasteiger charge is -2.34. The van der Waals surface area contributed by atoms with Gasteiger partial charge in [-0.1, -0.05) is 26.0 Å². The van der Waals surface area contributed by atoms with Crippen LogP contribution >= 0.6 is 11.8 Å². The van der Waals surface area contributed by atoms with Crippen LogP contribution < -0.4 is 0 Å². The fourth-order valence-electron chi connectivity index (χ4n) is 3.76. The predicted octanol–water partition coefficient (Wildman–Crippen LogP) is 3.57. The maximum Gasteiger partial charge on any atom is 0.313 e. The molecule has 2 bridgehead atoms. The number of nitrogens with zero attached hydrogens (tertiary/aromatic N) is 1. The highest BCUT2D eigenvalue weighted by molar-refractivity contribution is 8.13. The molecule has 1 saturated carbocycles. The second-order valence-corrected chi connectivity index (χ2v) is 7.93. The number of hydrogen-bond donors (Lipinski definition) is 0. The fraction of sp³-hybridized carbons (Fsp3) is 0.471. The van der Waals surface area contributed by atoms with Crippen molar-refractivity contribution in [3.05, 3.63) is 24.3 Å². The third-order valence-corrected chi connectivity index (χ3v) is 6.73. The highest BCUT2D eigenvalue weighted by Gasteiger charge is 2.75. The van der Waals surface area contributed by atoms with E-state index < -0.39 is 16.4 Å². The van der Waals surface area contributed by atoms with Crippen LogP contribution in [0.2, 0.25) is 0 Å². The summed E-state index contributed by atoms with van der Waals surface area (Å²) in [4.78, 5) is 29.5. The van der Waals surface area contributed by atoms with Gasteiger partial charge in [-0.15, -0.1) is 0 Å². The molecule has 2 aromatic rings. The summed E-state index contributed by atoms with van der Waals surface area (Å²) in [6.45, 7) is 5.77. The van der Waals surface area contributed by atoms with Crippen LogP contribution in [0, 0.1) is 10.8 Å². The van der Waals surface area contributed by atoms with Crippen LogP contribution in [-0.2, 0) is 14.3 Å². The van der Waals surface area contributed by atoms with Crippen LogP contribution in [0.5, 0.6) is 0 Å². The Kier molecular flexibility index (Phi) is 2.81. The van der Waals surface area contributed by atoms with E-state index in [4.69, 9.17) is 9.15 Å². The van der Waals surface area contributed by atoms with Gasteiger partial charge in [0.05, 0.1) is 5.41 Å². The van der Waals surface area contributed by atoms with Gasteiger partial charge in [0.15, 0.2) is 11.2 Å². The van der Waals surface area contributed by atoms with Gasteiger partial charge in [0, 0.05) is 17.2 Å². The molecule has 0 radical (unpaired) electrons. The van der Waals surface area contributed by atoms with Crippen LogP contribution in [0.3, 0.4) is 0 Å². The van der Waals surface area contributed by atoms with E-state index in [-0.39, 0.29) is 16.3 Å². The molecule has 1 aliphatic heterocycles. The summed E-state index contributed by atoms with van der Waals surface area (Å²) in [5.41, 5.74) is -0.902. The summed E-state index contributed by atoms with van der Waals surface area (Å²) in [7, 11) is 0. The van der Waals surface area contributed by atoms with Crippen LogP contribution in [0.1, 0.15) is 33.6 Å². The van der Waals surface area contributed by atoms with Gasteiger partial charge in [-0.2, -0.15) is 0 Å². The quantitative estimate of drug-likeness (QED) is 0.619. The number of carbonyl (C=O) groups is 2. The molecule has 6 heteroatoms. The molecule has 2 aliphatic rings. The van der Waals surface area contributed by atoms with E-state index in [0.717, 1.165) is 11.8 Å². The Morgan fingerprint density at radius 2 is 1.96 bits per heavy atom. The van der Waals surface area contributed by atoms with Crippen molar-refractivity contribution < 1.29 is 18.7 Å². The van der Waals surface area contributed by atoms with E-state index in [9.17, 15) is 9.59 Å². The van der Waals surface area contributed by atoms with Crippen LogP contribution in [0.4, 0.5) is 0 Å². The molecule has 0 spiro atoms. The van der Waals surface area contributed by atoms with Crippen molar-refractivity contribution in [3.63, 3.8) is 0 Å². The van der Waals surface area contributed by atoms with Crippen molar-refractivity contribution in [2.75, 3.05) is 0 Å². The summed E-state index contributed by atoms with van der Waals surface area (Å²) in [6.07, 6.45) is 1.22. The summed E-state index contributed by atoms with van der Waals surface area (Å²) in [5, 5.41) is 0.0848. The largest absolute Gasteiger partial charge is 0.449 e. The second kappa shape index (κ2) is 4.38. The first-order valence-electron chi connectivity index (χ1n) is 7.61. The zero-order valence-corrected chi connectivity index (χ0v) is 14.0. The van der Waals surface area contributed by atoms with Crippen molar-refractivity contribution in [2.45, 2.75) is 44.4 Å². The number of benzene rings is 1. The monoisotopic (exact) mass is 331 g/mol. The van der Waals surface area contributed by atoms with E-state index in [1.165, 1.54) is 0 Å². The molecule has 1 aromatic carbocycles. The van der Waals surface area contributed by atoms with E-state index in [1.54, 1.807) is 6.07 Å². The minimum atomic E-state index is -1.09. The Morgan fingerprint density at radius 3 is 2.57 bits per heavy atom. The highest BCUT2D eigenvalue weighted by atomic mass is 32.2. The number of hydrogen-bond acceptors (Lipinski definition) is 6. The Hall–Kier alpha value is -1.82. The topological polar surface area (TPSA) is 69.4 Å². The minimum Gasteiger partial charge on any atom is -0.449 e. The lowest BCUT2D eigenvalue weighted by atomic mass is 9.67. The fourth-order valence-corrected chi connectivity index (χ4v) is 4.76. The van der Waals surface area contributed by atoms with Gasteiger partial charge in [-0.25, -0.2) is 4.98 Å². The molecule has 5 nitrogen and oxygen atoms in total. The molecule has 2 heterocycles. The minimum absolute atomic E-state index is 0.205. The normalized spacial score (nSPS) is 31.5. The van der Waals surface area contributed by atoms with Gasteiger partial charge in [0.1, 0.15) is 5.52 Å². The molecule has 1 aromatic heterocycles. The average Bonchev–Trinajstić information content (AvgIpc) is 3.04. The maximum absolute atomic E-state index is 13.0. The number of aromatic nitrogens is 1. The zero-order chi connectivity index (χ0) is 16.5. The van der Waals surface area contributed by atoms with Gasteiger partial charge in [0.2, 0.25) is 5.12 Å². The smallest absolute Gasteiger partial charge is 0.313 e. The van der Waals surface area contributed by atoms with Crippen molar-refractivity contribution in [2.24, 2.45) is 10.8 Å². The SMILES string of the molecule is CC12CCC(C(=O)Sc3nc4ccccc4o3)(OC1=O)C2(C)C. The molecule has 2 fully saturated rings. The molecule has 2 atom stereocenters. The second-order valence-electron chi connectivity index (χ2n) is 7.01. The van der Waals surface area contributed by atoms with E-state index in [1.807, 2.05) is 39.0 Å². The number of carbonyl (C=O) groups excluding carboxylic acids is 2. The standard InChI is InChI=1S/C17H17NO4S/c1-15(2)16(3)8-9-17(15,22-12(16)19)13(20)23-14-18-10-6-4-5-7-11(10)21-14/h4-7H,8-9H2,1-3H3. The molecule has 1 aliphatic carbocycles. The number of rotatable bonds is 2. The molecular formula is C17H17NO4S. The average molecular weight is 331 g/mol. The Balaban J connectivity index is 1.68. The lowest BCUT2D eigenvalue weighted by molar-refractivity contribution is -0.163. The third-order valence-electron chi connectivity index (χ3n) is 5.87. The zero-order valence-electron chi connectivity index (χ0n) is 13.2. The van der Waals surface area contributed by atoms with Crippen LogP contribution in [-0.4, -0.2) is 21.7 Å². The molecule has 4 rings (SSSR count). The highest BCUT2D eigenvalue weighted by Crippen LogP contribution is 2.66. The first kappa shape index (κ1) is 14.8.